The molecule has 1 aromatic heterocycles. The third-order valence-corrected chi connectivity index (χ3v) is 2.95. The summed E-state index contributed by atoms with van der Waals surface area (Å²) in [5.74, 6) is 1.01. The second-order valence-corrected chi connectivity index (χ2v) is 4.29. The van der Waals surface area contributed by atoms with E-state index >= 15 is 0 Å². The maximum Gasteiger partial charge on any atom is 0.239 e. The molecule has 0 aliphatic carbocycles. The Morgan fingerprint density at radius 2 is 2.06 bits per heavy atom. The van der Waals surface area contributed by atoms with Gasteiger partial charge in [0.1, 0.15) is 5.82 Å². The summed E-state index contributed by atoms with van der Waals surface area (Å²) < 4.78 is 0. The van der Waals surface area contributed by atoms with Crippen molar-refractivity contribution in [3.63, 3.8) is 0 Å². The lowest BCUT2D eigenvalue weighted by atomic mass is 10.2. The molecule has 5 nitrogen and oxygen atoms in total. The third kappa shape index (κ3) is 2.74. The van der Waals surface area contributed by atoms with Crippen LogP contribution < -0.4 is 10.6 Å². The molecule has 2 rings (SSSR count). The van der Waals surface area contributed by atoms with Crippen LogP contribution in [0.4, 0.5) is 5.82 Å². The van der Waals surface area contributed by atoms with Crippen LogP contribution in [0.5, 0.6) is 0 Å². The first kappa shape index (κ1) is 11.9. The minimum Gasteiger partial charge on any atom is -0.353 e. The van der Waals surface area contributed by atoms with E-state index in [2.05, 4.69) is 9.88 Å². The van der Waals surface area contributed by atoms with Crippen LogP contribution in [-0.4, -0.2) is 48.0 Å². The standard InChI is InChI=1S/C12H18N4O/c1-10(13)12(17)16-8-6-15(7-9-16)11-4-2-3-5-14-11/h2-5,10H,6-9,13H2,1H3/t10-/m1/s1. The van der Waals surface area contributed by atoms with Crippen molar-refractivity contribution in [2.75, 3.05) is 31.1 Å². The summed E-state index contributed by atoms with van der Waals surface area (Å²) >= 11 is 0. The zero-order valence-electron chi connectivity index (χ0n) is 10.0. The van der Waals surface area contributed by atoms with Crippen molar-refractivity contribution in [3.8, 4) is 0 Å². The molecule has 1 atom stereocenters. The normalized spacial score (nSPS) is 18.0. The molecule has 1 aliphatic heterocycles. The van der Waals surface area contributed by atoms with Gasteiger partial charge in [-0.1, -0.05) is 6.07 Å². The van der Waals surface area contributed by atoms with Gasteiger partial charge in [0.15, 0.2) is 0 Å². The van der Waals surface area contributed by atoms with Crippen molar-refractivity contribution in [1.82, 2.24) is 9.88 Å². The van der Waals surface area contributed by atoms with Gasteiger partial charge in [-0.15, -0.1) is 0 Å². The van der Waals surface area contributed by atoms with Gasteiger partial charge >= 0.3 is 0 Å². The zero-order valence-corrected chi connectivity index (χ0v) is 10.0. The molecule has 0 aromatic carbocycles. The van der Waals surface area contributed by atoms with Crippen LogP contribution in [0.15, 0.2) is 24.4 Å². The van der Waals surface area contributed by atoms with Gasteiger partial charge in [0.25, 0.3) is 0 Å². The van der Waals surface area contributed by atoms with Crippen LogP contribution in [0.2, 0.25) is 0 Å². The maximum absolute atomic E-state index is 11.7. The molecule has 17 heavy (non-hydrogen) atoms. The molecule has 2 N–H and O–H groups in total. The average Bonchev–Trinajstić information content (AvgIpc) is 2.39. The fourth-order valence-electron chi connectivity index (χ4n) is 1.98. The number of hydrogen-bond donors (Lipinski definition) is 1. The van der Waals surface area contributed by atoms with E-state index in [1.165, 1.54) is 0 Å². The Bertz CT molecular complexity index is 371. The number of amides is 1. The number of anilines is 1. The molecular weight excluding hydrogens is 216 g/mol. The Balaban J connectivity index is 1.93. The summed E-state index contributed by atoms with van der Waals surface area (Å²) in [6, 6.07) is 5.46. The molecule has 1 aliphatic rings. The summed E-state index contributed by atoms with van der Waals surface area (Å²) in [5, 5.41) is 0. The van der Waals surface area contributed by atoms with E-state index in [4.69, 9.17) is 5.73 Å². The van der Waals surface area contributed by atoms with Crippen molar-refractivity contribution in [2.45, 2.75) is 13.0 Å². The van der Waals surface area contributed by atoms with Crippen LogP contribution in [-0.2, 0) is 4.79 Å². The number of hydrogen-bond acceptors (Lipinski definition) is 4. The molecule has 1 fully saturated rings. The zero-order chi connectivity index (χ0) is 12.3. The first-order valence-corrected chi connectivity index (χ1v) is 5.89. The van der Waals surface area contributed by atoms with E-state index in [0.29, 0.717) is 0 Å². The summed E-state index contributed by atoms with van der Waals surface area (Å²) in [5.41, 5.74) is 5.60. The summed E-state index contributed by atoms with van der Waals surface area (Å²) in [6.07, 6.45) is 1.79. The van der Waals surface area contributed by atoms with Gasteiger partial charge in [-0.05, 0) is 19.1 Å². The number of nitrogens with zero attached hydrogens (tertiary/aromatic N) is 3. The molecule has 1 amide bonds. The number of carbonyl (C=O) groups is 1. The fourth-order valence-corrected chi connectivity index (χ4v) is 1.98. The van der Waals surface area contributed by atoms with Crippen molar-refractivity contribution >= 4 is 11.7 Å². The minimum absolute atomic E-state index is 0.0330. The van der Waals surface area contributed by atoms with Gasteiger partial charge in [-0.2, -0.15) is 0 Å². The van der Waals surface area contributed by atoms with E-state index in [1.807, 2.05) is 23.1 Å². The largest absolute Gasteiger partial charge is 0.353 e. The summed E-state index contributed by atoms with van der Waals surface area (Å²) in [7, 11) is 0. The highest BCUT2D eigenvalue weighted by Crippen LogP contribution is 2.12. The Labute approximate surface area is 101 Å². The lowest BCUT2D eigenvalue weighted by Crippen LogP contribution is -2.52. The van der Waals surface area contributed by atoms with E-state index in [-0.39, 0.29) is 5.91 Å². The maximum atomic E-state index is 11.7. The minimum atomic E-state index is -0.406. The van der Waals surface area contributed by atoms with Crippen LogP contribution in [0.25, 0.3) is 0 Å². The Kier molecular flexibility index (Phi) is 3.58. The van der Waals surface area contributed by atoms with Gasteiger partial charge in [-0.25, -0.2) is 4.98 Å². The Morgan fingerprint density at radius 3 is 2.59 bits per heavy atom. The molecule has 92 valence electrons. The first-order chi connectivity index (χ1) is 8.18. The van der Waals surface area contributed by atoms with Crippen molar-refractivity contribution < 1.29 is 4.79 Å². The van der Waals surface area contributed by atoms with Crippen LogP contribution in [0.3, 0.4) is 0 Å². The SMILES string of the molecule is C[C@@H](N)C(=O)N1CCN(c2ccccn2)CC1. The number of aromatic nitrogens is 1. The number of carbonyl (C=O) groups excluding carboxylic acids is 1. The molecule has 0 spiro atoms. The fraction of sp³-hybridized carbons (Fsp3) is 0.500. The molecule has 1 aromatic rings. The predicted octanol–water partition coefficient (Wildman–Crippen LogP) is 0.0774. The first-order valence-electron chi connectivity index (χ1n) is 5.89. The van der Waals surface area contributed by atoms with E-state index < -0.39 is 6.04 Å². The molecule has 0 radical (unpaired) electrons. The lowest BCUT2D eigenvalue weighted by molar-refractivity contribution is -0.132. The third-order valence-electron chi connectivity index (χ3n) is 2.95. The number of piperazine rings is 1. The van der Waals surface area contributed by atoms with Gasteiger partial charge in [0, 0.05) is 32.4 Å². The second kappa shape index (κ2) is 5.14. The molecule has 1 saturated heterocycles. The highest BCUT2D eigenvalue weighted by Gasteiger charge is 2.23. The molecule has 2 heterocycles. The predicted molar refractivity (Wildman–Crippen MR) is 66.7 cm³/mol. The van der Waals surface area contributed by atoms with E-state index in [1.54, 1.807) is 13.1 Å². The number of rotatable bonds is 2. The van der Waals surface area contributed by atoms with E-state index in [0.717, 1.165) is 32.0 Å². The van der Waals surface area contributed by atoms with Crippen LogP contribution in [0.1, 0.15) is 6.92 Å². The second-order valence-electron chi connectivity index (χ2n) is 4.29. The monoisotopic (exact) mass is 234 g/mol. The Hall–Kier alpha value is -1.62. The number of nitrogens with two attached hydrogens (primary N) is 1. The molecule has 0 saturated carbocycles. The quantitative estimate of drug-likeness (QED) is 0.787. The Morgan fingerprint density at radius 1 is 1.35 bits per heavy atom. The molecule has 5 heteroatoms. The summed E-state index contributed by atoms with van der Waals surface area (Å²) in [4.78, 5) is 20.0. The molecule has 0 unspecified atom stereocenters. The van der Waals surface area contributed by atoms with Gasteiger partial charge < -0.3 is 15.5 Å². The molecular formula is C12H18N4O. The lowest BCUT2D eigenvalue weighted by Gasteiger charge is -2.36. The topological polar surface area (TPSA) is 62.5 Å². The summed E-state index contributed by atoms with van der Waals surface area (Å²) in [6.45, 7) is 4.80. The highest BCUT2D eigenvalue weighted by molar-refractivity contribution is 5.81. The van der Waals surface area contributed by atoms with Crippen LogP contribution in [0, 0.1) is 0 Å². The smallest absolute Gasteiger partial charge is 0.239 e. The van der Waals surface area contributed by atoms with Crippen molar-refractivity contribution in [2.24, 2.45) is 5.73 Å². The van der Waals surface area contributed by atoms with Gasteiger partial charge in [0.05, 0.1) is 6.04 Å². The highest BCUT2D eigenvalue weighted by atomic mass is 16.2. The van der Waals surface area contributed by atoms with Crippen LogP contribution >= 0.6 is 0 Å². The molecule has 0 bridgehead atoms. The van der Waals surface area contributed by atoms with E-state index in [9.17, 15) is 4.79 Å². The average molecular weight is 234 g/mol. The van der Waals surface area contributed by atoms with Crippen molar-refractivity contribution in [1.29, 1.82) is 0 Å². The van der Waals surface area contributed by atoms with Gasteiger partial charge in [-0.3, -0.25) is 4.79 Å². The van der Waals surface area contributed by atoms with Crippen molar-refractivity contribution in [3.05, 3.63) is 24.4 Å². The van der Waals surface area contributed by atoms with Gasteiger partial charge in [0.2, 0.25) is 5.91 Å². The number of pyridine rings is 1.